The molecule has 0 unspecified atom stereocenters. The molecule has 0 spiro atoms. The van der Waals surface area contributed by atoms with Crippen LogP contribution in [0.3, 0.4) is 0 Å². The molecule has 1 aromatic heterocycles. The van der Waals surface area contributed by atoms with Crippen LogP contribution < -0.4 is 10.2 Å². The van der Waals surface area contributed by atoms with Crippen LogP contribution in [-0.2, 0) is 11.0 Å². The molecule has 0 bridgehead atoms. The molecule has 3 aromatic rings. The lowest BCUT2D eigenvalue weighted by Crippen LogP contribution is -2.39. The third kappa shape index (κ3) is 4.00. The summed E-state index contributed by atoms with van der Waals surface area (Å²) in [5.74, 6) is -4.99. The van der Waals surface area contributed by atoms with Crippen molar-refractivity contribution in [1.82, 2.24) is 4.98 Å². The van der Waals surface area contributed by atoms with E-state index < -0.39 is 17.7 Å². The molecular weight excluding hydrogens is 425 g/mol. The van der Waals surface area contributed by atoms with Gasteiger partial charge in [0.1, 0.15) is 0 Å². The zero-order valence-corrected chi connectivity index (χ0v) is 16.4. The van der Waals surface area contributed by atoms with E-state index in [1.54, 1.807) is 6.07 Å². The summed E-state index contributed by atoms with van der Waals surface area (Å²) in [7, 11) is 0. The maximum Gasteiger partial charge on any atom is 0.458 e. The van der Waals surface area contributed by atoms with Gasteiger partial charge in [0.15, 0.2) is 10.9 Å². The molecule has 0 amide bonds. The number of fused-ring (bicyclic) bond motifs is 1. The summed E-state index contributed by atoms with van der Waals surface area (Å²) in [6.45, 7) is 1.31. The predicted molar refractivity (Wildman–Crippen MR) is 105 cm³/mol. The number of hydrogen-bond donors (Lipinski definition) is 1. The van der Waals surface area contributed by atoms with Crippen molar-refractivity contribution in [3.05, 3.63) is 48.0 Å². The van der Waals surface area contributed by atoms with E-state index in [2.05, 4.69) is 15.2 Å². The average molecular weight is 442 g/mol. The Morgan fingerprint density at radius 2 is 1.77 bits per heavy atom. The summed E-state index contributed by atoms with van der Waals surface area (Å²) in [5.41, 5.74) is -0.187. The van der Waals surface area contributed by atoms with Gasteiger partial charge in [0.2, 0.25) is 0 Å². The number of aromatic nitrogens is 1. The maximum atomic E-state index is 13.6. The quantitative estimate of drug-likeness (QED) is 0.491. The Kier molecular flexibility index (Phi) is 5.21. The first kappa shape index (κ1) is 20.6. The minimum absolute atomic E-state index is 0.0568. The zero-order chi connectivity index (χ0) is 21.5. The Morgan fingerprint density at radius 3 is 2.47 bits per heavy atom. The van der Waals surface area contributed by atoms with Gasteiger partial charge in [-0.25, -0.2) is 4.98 Å². The number of piperidine rings is 1. The Morgan fingerprint density at radius 1 is 1.03 bits per heavy atom. The first-order chi connectivity index (χ1) is 14.1. The average Bonchev–Trinajstić information content (AvgIpc) is 3.11. The van der Waals surface area contributed by atoms with Crippen molar-refractivity contribution in [3.63, 3.8) is 0 Å². The Labute approximate surface area is 173 Å². The van der Waals surface area contributed by atoms with E-state index in [1.165, 1.54) is 35.6 Å². The highest BCUT2D eigenvalue weighted by atomic mass is 32.1. The fourth-order valence-electron chi connectivity index (χ4n) is 3.45. The summed E-state index contributed by atoms with van der Waals surface area (Å²) in [4.78, 5) is 6.59. The molecule has 1 saturated heterocycles. The first-order valence-corrected chi connectivity index (χ1v) is 10.1. The summed E-state index contributed by atoms with van der Waals surface area (Å²) >= 11 is 1.49. The summed E-state index contributed by atoms with van der Waals surface area (Å²) in [6.07, 6.45) is -4.30. The maximum absolute atomic E-state index is 13.6. The number of nitrogens with zero attached hydrogens (tertiary/aromatic N) is 2. The van der Waals surface area contributed by atoms with Gasteiger partial charge in [-0.15, -0.1) is 0 Å². The van der Waals surface area contributed by atoms with E-state index in [0.29, 0.717) is 31.4 Å². The molecule has 1 aliphatic heterocycles. The minimum atomic E-state index is -5.64. The molecule has 159 valence electrons. The topological polar surface area (TPSA) is 48.1 Å². The fourth-order valence-corrected chi connectivity index (χ4v) is 4.45. The van der Waals surface area contributed by atoms with Gasteiger partial charge in [-0.3, -0.25) is 5.11 Å². The highest BCUT2D eigenvalue weighted by molar-refractivity contribution is 7.22. The summed E-state index contributed by atoms with van der Waals surface area (Å²) in [6, 6.07) is 8.99. The largest absolute Gasteiger partial charge is 0.458 e. The number of thiazole rings is 1. The van der Waals surface area contributed by atoms with Crippen molar-refractivity contribution in [2.45, 2.75) is 31.0 Å². The molecule has 4 rings (SSSR count). The van der Waals surface area contributed by atoms with E-state index in [9.17, 15) is 27.1 Å². The Hall–Kier alpha value is -2.62. The third-order valence-electron chi connectivity index (χ3n) is 5.07. The molecule has 1 fully saturated rings. The van der Waals surface area contributed by atoms with Crippen molar-refractivity contribution < 1.29 is 27.1 Å². The minimum Gasteiger partial charge on any atom is -0.382 e. The van der Waals surface area contributed by atoms with Crippen LogP contribution >= 0.6 is 11.3 Å². The molecule has 1 N–H and O–H groups in total. The van der Waals surface area contributed by atoms with E-state index in [0.717, 1.165) is 22.0 Å². The monoisotopic (exact) mass is 442 g/mol. The molecule has 1 radical (unpaired) electrons. The normalized spacial score (nSPS) is 16.2. The van der Waals surface area contributed by atoms with Crippen molar-refractivity contribution in [2.24, 2.45) is 0 Å². The molecule has 2 heterocycles. The standard InChI is InChI=1S/C20H17F5N3OS/c21-19(22,20(23,24)25)12-2-1-3-14(10-12)26-13-6-8-28(9-7-13)18-27-16-11-15(29)4-5-17(16)30-18/h1-5,10-11,13,26H,6-9H2. The van der Waals surface area contributed by atoms with Crippen LogP contribution in [0.15, 0.2) is 42.5 Å². The molecule has 0 aliphatic carbocycles. The predicted octanol–water partition coefficient (Wildman–Crippen LogP) is 6.18. The van der Waals surface area contributed by atoms with Crippen LogP contribution in [0, 0.1) is 0 Å². The second kappa shape index (κ2) is 7.57. The van der Waals surface area contributed by atoms with Gasteiger partial charge >= 0.3 is 12.1 Å². The Bertz CT molecular complexity index is 1040. The van der Waals surface area contributed by atoms with Crippen molar-refractivity contribution in [1.29, 1.82) is 0 Å². The molecular formula is C20H17F5N3OS. The van der Waals surface area contributed by atoms with Gasteiger partial charge in [0, 0.05) is 36.4 Å². The van der Waals surface area contributed by atoms with Gasteiger partial charge in [-0.2, -0.15) is 22.0 Å². The molecule has 10 heteroatoms. The van der Waals surface area contributed by atoms with Gasteiger partial charge in [0.25, 0.3) is 0 Å². The summed E-state index contributed by atoms with van der Waals surface area (Å²) in [5, 5.41) is 15.3. The highest BCUT2D eigenvalue weighted by Crippen LogP contribution is 2.44. The van der Waals surface area contributed by atoms with E-state index >= 15 is 0 Å². The fraction of sp³-hybridized carbons (Fsp3) is 0.350. The van der Waals surface area contributed by atoms with Crippen molar-refractivity contribution in [3.8, 4) is 5.75 Å². The number of anilines is 2. The first-order valence-electron chi connectivity index (χ1n) is 9.28. The van der Waals surface area contributed by atoms with Crippen LogP contribution in [-0.4, -0.2) is 30.3 Å². The molecule has 0 saturated carbocycles. The molecule has 1 aliphatic rings. The number of nitrogens with one attached hydrogen (secondary N) is 1. The van der Waals surface area contributed by atoms with Gasteiger partial charge < -0.3 is 10.2 Å². The van der Waals surface area contributed by atoms with Crippen LogP contribution in [0.1, 0.15) is 18.4 Å². The van der Waals surface area contributed by atoms with Crippen molar-refractivity contribution >= 4 is 32.4 Å². The van der Waals surface area contributed by atoms with Crippen LogP contribution in [0.4, 0.5) is 32.8 Å². The van der Waals surface area contributed by atoms with Gasteiger partial charge in [-0.1, -0.05) is 23.5 Å². The Balaban J connectivity index is 1.41. The molecule has 2 aromatic carbocycles. The lowest BCUT2D eigenvalue weighted by Gasteiger charge is -2.32. The number of rotatable bonds is 4. The second-order valence-corrected chi connectivity index (χ2v) is 8.19. The highest BCUT2D eigenvalue weighted by Gasteiger charge is 2.58. The number of benzene rings is 2. The van der Waals surface area contributed by atoms with E-state index in [-0.39, 0.29) is 17.5 Å². The SMILES string of the molecule is [O]c1ccc2sc(N3CCC(Nc4cccc(C(F)(F)C(F)(F)F)c4)CC3)nc2c1. The lowest BCUT2D eigenvalue weighted by molar-refractivity contribution is -0.289. The zero-order valence-electron chi connectivity index (χ0n) is 15.5. The molecule has 30 heavy (non-hydrogen) atoms. The number of hydrogen-bond acceptors (Lipinski definition) is 4. The van der Waals surface area contributed by atoms with Gasteiger partial charge in [0.05, 0.1) is 10.2 Å². The number of halogens is 5. The smallest absolute Gasteiger partial charge is 0.382 e. The van der Waals surface area contributed by atoms with Crippen LogP contribution in [0.25, 0.3) is 10.2 Å². The summed E-state index contributed by atoms with van der Waals surface area (Å²) < 4.78 is 65.9. The van der Waals surface area contributed by atoms with Crippen LogP contribution in [0.2, 0.25) is 0 Å². The van der Waals surface area contributed by atoms with Gasteiger partial charge in [-0.05, 0) is 37.1 Å². The van der Waals surface area contributed by atoms with Crippen LogP contribution in [0.5, 0.6) is 5.75 Å². The molecule has 4 nitrogen and oxygen atoms in total. The molecule has 0 atom stereocenters. The second-order valence-electron chi connectivity index (χ2n) is 7.18. The lowest BCUT2D eigenvalue weighted by atomic mass is 10.0. The number of alkyl halides is 5. The third-order valence-corrected chi connectivity index (χ3v) is 6.16. The van der Waals surface area contributed by atoms with E-state index in [1.807, 2.05) is 0 Å². The van der Waals surface area contributed by atoms with Crippen molar-refractivity contribution in [2.75, 3.05) is 23.3 Å². The van der Waals surface area contributed by atoms with E-state index in [4.69, 9.17) is 0 Å².